The van der Waals surface area contributed by atoms with Gasteiger partial charge in [0.2, 0.25) is 0 Å². The molecule has 0 bridgehead atoms. The average molecular weight is 443 g/mol. The topological polar surface area (TPSA) is 59.1 Å². The van der Waals surface area contributed by atoms with Crippen LogP contribution in [-0.4, -0.2) is 44.0 Å². The largest absolute Gasteiger partial charge is 0.493 e. The molecule has 0 spiro atoms. The maximum absolute atomic E-state index is 12.9. The Kier molecular flexibility index (Phi) is 5.38. The highest BCUT2D eigenvalue weighted by atomic mass is 16.5. The summed E-state index contributed by atoms with van der Waals surface area (Å²) >= 11 is 0. The summed E-state index contributed by atoms with van der Waals surface area (Å²) in [6.45, 7) is 2.99. The number of hydrogen-bond acceptors (Lipinski definition) is 5. The van der Waals surface area contributed by atoms with Gasteiger partial charge in [-0.05, 0) is 54.3 Å². The number of fused-ring (bicyclic) bond motifs is 2. The van der Waals surface area contributed by atoms with Crippen LogP contribution in [0.1, 0.15) is 38.7 Å². The number of amides is 1. The van der Waals surface area contributed by atoms with Crippen molar-refractivity contribution in [3.8, 4) is 11.5 Å². The van der Waals surface area contributed by atoms with Gasteiger partial charge in [0.05, 0.1) is 38.2 Å². The van der Waals surface area contributed by atoms with Gasteiger partial charge < -0.3 is 9.47 Å². The molecule has 0 fully saturated rings. The number of methoxy groups -OCH3 is 2. The second-order valence-electron chi connectivity index (χ2n) is 8.51. The lowest BCUT2D eigenvalue weighted by molar-refractivity contribution is -0.114. The number of ketones is 1. The zero-order valence-electron chi connectivity index (χ0n) is 19.0. The van der Waals surface area contributed by atoms with Crippen molar-refractivity contribution >= 4 is 17.4 Å². The Hall–Kier alpha value is -3.64. The van der Waals surface area contributed by atoms with Crippen molar-refractivity contribution in [3.05, 3.63) is 88.5 Å². The normalized spacial score (nSPS) is 17.7. The lowest BCUT2D eigenvalue weighted by Crippen LogP contribution is -2.45. The van der Waals surface area contributed by atoms with Gasteiger partial charge in [-0.25, -0.2) is 0 Å². The molecule has 1 atom stereocenters. The Balaban J connectivity index is 1.57. The second-order valence-corrected chi connectivity index (χ2v) is 8.51. The van der Waals surface area contributed by atoms with Gasteiger partial charge in [-0.2, -0.15) is 0 Å². The fourth-order valence-corrected chi connectivity index (χ4v) is 4.91. The van der Waals surface area contributed by atoms with Gasteiger partial charge in [0.15, 0.2) is 11.5 Å². The summed E-state index contributed by atoms with van der Waals surface area (Å²) in [5.74, 6) is 0.475. The van der Waals surface area contributed by atoms with Gasteiger partial charge in [0.1, 0.15) is 0 Å². The summed E-state index contributed by atoms with van der Waals surface area (Å²) < 4.78 is 11.1. The van der Waals surface area contributed by atoms with E-state index in [1.807, 2.05) is 49.4 Å². The molecule has 6 nitrogen and oxygen atoms in total. The van der Waals surface area contributed by atoms with Crippen LogP contribution < -0.4 is 14.4 Å². The first-order valence-corrected chi connectivity index (χ1v) is 11.0. The van der Waals surface area contributed by atoms with Crippen molar-refractivity contribution in [1.29, 1.82) is 0 Å². The molecular weight excluding hydrogens is 416 g/mol. The standard InChI is InChI=1S/C27H26N2O4/c1-17-9-10-22-21(13-17)26(30)27(31)29(22)16-28-12-11-19-14-23(32-2)24(33-3)15-20(19)25(28)18-7-5-4-6-8-18/h4-10,13-15,25H,11-12,16H2,1-3H3/t25-/m0/s1. The van der Waals surface area contributed by atoms with Crippen LogP contribution in [0.4, 0.5) is 5.69 Å². The summed E-state index contributed by atoms with van der Waals surface area (Å²) in [6, 6.07) is 19.8. The Morgan fingerprint density at radius 2 is 1.67 bits per heavy atom. The maximum Gasteiger partial charge on any atom is 0.300 e. The Labute approximate surface area is 193 Å². The van der Waals surface area contributed by atoms with E-state index >= 15 is 0 Å². The first-order chi connectivity index (χ1) is 16.0. The summed E-state index contributed by atoms with van der Waals surface area (Å²) in [4.78, 5) is 29.5. The van der Waals surface area contributed by atoms with Crippen LogP contribution in [-0.2, 0) is 11.2 Å². The smallest absolute Gasteiger partial charge is 0.300 e. The Morgan fingerprint density at radius 3 is 2.39 bits per heavy atom. The van der Waals surface area contributed by atoms with Crippen molar-refractivity contribution in [2.75, 3.05) is 32.3 Å². The number of Topliss-reactive ketones (excluding diaryl/α,β-unsaturated/α-hetero) is 1. The van der Waals surface area contributed by atoms with Crippen LogP contribution >= 0.6 is 0 Å². The number of aryl methyl sites for hydroxylation is 1. The van der Waals surface area contributed by atoms with Gasteiger partial charge in [0, 0.05) is 6.54 Å². The highest BCUT2D eigenvalue weighted by Gasteiger charge is 2.39. The predicted octanol–water partition coefficient (Wildman–Crippen LogP) is 4.15. The van der Waals surface area contributed by atoms with Gasteiger partial charge >= 0.3 is 5.91 Å². The number of nitrogens with zero attached hydrogens (tertiary/aromatic N) is 2. The molecule has 2 aliphatic heterocycles. The number of anilines is 1. The molecule has 2 aliphatic rings. The van der Waals surface area contributed by atoms with E-state index in [0.717, 1.165) is 29.7 Å². The first kappa shape index (κ1) is 21.2. The quantitative estimate of drug-likeness (QED) is 0.556. The van der Waals surface area contributed by atoms with E-state index in [4.69, 9.17) is 9.47 Å². The van der Waals surface area contributed by atoms with E-state index in [0.29, 0.717) is 29.4 Å². The molecule has 168 valence electrons. The molecule has 3 aromatic carbocycles. The number of hydrogen-bond donors (Lipinski definition) is 0. The van der Waals surface area contributed by atoms with Gasteiger partial charge in [0.25, 0.3) is 5.78 Å². The van der Waals surface area contributed by atoms with Gasteiger partial charge in [-0.15, -0.1) is 0 Å². The molecule has 0 saturated heterocycles. The van der Waals surface area contributed by atoms with Crippen LogP contribution in [0.15, 0.2) is 60.7 Å². The first-order valence-electron chi connectivity index (χ1n) is 11.0. The predicted molar refractivity (Wildman–Crippen MR) is 126 cm³/mol. The van der Waals surface area contributed by atoms with Gasteiger partial charge in [-0.1, -0.05) is 42.0 Å². The third-order valence-corrected chi connectivity index (χ3v) is 6.54. The number of benzene rings is 3. The molecular formula is C27H26N2O4. The number of rotatable bonds is 5. The molecule has 2 heterocycles. The van der Waals surface area contributed by atoms with Crippen molar-refractivity contribution in [2.45, 2.75) is 19.4 Å². The lowest BCUT2D eigenvalue weighted by Gasteiger charge is -2.40. The number of ether oxygens (including phenoxy) is 2. The molecule has 0 unspecified atom stereocenters. The van der Waals surface area contributed by atoms with Crippen LogP contribution in [0.3, 0.4) is 0 Å². The fourth-order valence-electron chi connectivity index (χ4n) is 4.91. The van der Waals surface area contributed by atoms with E-state index in [2.05, 4.69) is 17.0 Å². The number of carbonyl (C=O) groups excluding carboxylic acids is 2. The molecule has 0 aliphatic carbocycles. The lowest BCUT2D eigenvalue weighted by atomic mass is 9.88. The summed E-state index contributed by atoms with van der Waals surface area (Å²) in [5.41, 5.74) is 5.56. The summed E-state index contributed by atoms with van der Waals surface area (Å²) in [7, 11) is 3.28. The zero-order chi connectivity index (χ0) is 23.1. The maximum atomic E-state index is 12.9. The van der Waals surface area contributed by atoms with E-state index in [9.17, 15) is 9.59 Å². The Bertz CT molecular complexity index is 1240. The third-order valence-electron chi connectivity index (χ3n) is 6.54. The summed E-state index contributed by atoms with van der Waals surface area (Å²) in [6.07, 6.45) is 0.801. The highest BCUT2D eigenvalue weighted by molar-refractivity contribution is 6.52. The Morgan fingerprint density at radius 1 is 0.939 bits per heavy atom. The van der Waals surface area contributed by atoms with Crippen LogP contribution in [0.25, 0.3) is 0 Å². The third kappa shape index (κ3) is 3.56. The number of carbonyl (C=O) groups is 2. The molecule has 6 heteroatoms. The van der Waals surface area contributed by atoms with E-state index in [-0.39, 0.29) is 6.04 Å². The van der Waals surface area contributed by atoms with E-state index in [1.165, 1.54) is 5.56 Å². The molecule has 3 aromatic rings. The fraction of sp³-hybridized carbons (Fsp3) is 0.259. The minimum atomic E-state index is -0.472. The average Bonchev–Trinajstić information content (AvgIpc) is 3.07. The van der Waals surface area contributed by atoms with E-state index in [1.54, 1.807) is 25.2 Å². The van der Waals surface area contributed by atoms with Crippen molar-refractivity contribution in [2.24, 2.45) is 0 Å². The van der Waals surface area contributed by atoms with Crippen molar-refractivity contribution < 1.29 is 19.1 Å². The SMILES string of the molecule is COc1cc2c(cc1OC)[C@H](c1ccccc1)N(CN1C(=O)C(=O)c3cc(C)ccc31)CC2. The van der Waals surface area contributed by atoms with Crippen molar-refractivity contribution in [3.63, 3.8) is 0 Å². The van der Waals surface area contributed by atoms with Crippen LogP contribution in [0, 0.1) is 6.92 Å². The van der Waals surface area contributed by atoms with Crippen LogP contribution in [0.2, 0.25) is 0 Å². The molecule has 0 saturated carbocycles. The molecule has 1 amide bonds. The molecule has 0 N–H and O–H groups in total. The van der Waals surface area contributed by atoms with E-state index < -0.39 is 11.7 Å². The highest BCUT2D eigenvalue weighted by Crippen LogP contribution is 2.42. The minimum Gasteiger partial charge on any atom is -0.493 e. The monoisotopic (exact) mass is 442 g/mol. The molecule has 0 aromatic heterocycles. The minimum absolute atomic E-state index is 0.0906. The molecule has 0 radical (unpaired) electrons. The molecule has 5 rings (SSSR count). The van der Waals surface area contributed by atoms with Gasteiger partial charge in [-0.3, -0.25) is 19.4 Å². The van der Waals surface area contributed by atoms with Crippen molar-refractivity contribution in [1.82, 2.24) is 4.90 Å². The van der Waals surface area contributed by atoms with Crippen LogP contribution in [0.5, 0.6) is 11.5 Å². The zero-order valence-corrected chi connectivity index (χ0v) is 19.0. The second kappa shape index (κ2) is 8.37. The molecule has 33 heavy (non-hydrogen) atoms. The summed E-state index contributed by atoms with van der Waals surface area (Å²) in [5, 5.41) is 0.